The van der Waals surface area contributed by atoms with Crippen LogP contribution in [0, 0.1) is 3.77 Å². The molecule has 0 aliphatic rings. The number of nitrogens with one attached hydrogen (secondary N) is 1. The largest absolute Gasteiger partial charge is 0.496 e. The third-order valence-electron chi connectivity index (χ3n) is 4.45. The van der Waals surface area contributed by atoms with Crippen LogP contribution in [-0.2, 0) is 0 Å². The molecule has 0 aliphatic carbocycles. The first kappa shape index (κ1) is 17.8. The molecular formula is C21H18IN3O2. The van der Waals surface area contributed by atoms with Gasteiger partial charge in [-0.05, 0) is 53.3 Å². The molecule has 0 spiro atoms. The van der Waals surface area contributed by atoms with Crippen molar-refractivity contribution in [2.45, 2.75) is 13.0 Å². The van der Waals surface area contributed by atoms with Gasteiger partial charge in [0.05, 0.1) is 18.2 Å². The molecule has 2 aromatic heterocycles. The summed E-state index contributed by atoms with van der Waals surface area (Å²) in [4.78, 5) is 8.88. The van der Waals surface area contributed by atoms with Gasteiger partial charge < -0.3 is 14.5 Å². The highest BCUT2D eigenvalue weighted by Gasteiger charge is 2.16. The van der Waals surface area contributed by atoms with Gasteiger partial charge in [-0.1, -0.05) is 30.3 Å². The van der Waals surface area contributed by atoms with Crippen molar-refractivity contribution >= 4 is 39.3 Å². The van der Waals surface area contributed by atoms with Gasteiger partial charge in [0.2, 0.25) is 0 Å². The molecule has 136 valence electrons. The molecular weight excluding hydrogens is 453 g/mol. The number of anilines is 1. The molecule has 5 nitrogen and oxygen atoms in total. The summed E-state index contributed by atoms with van der Waals surface area (Å²) < 4.78 is 12.2. The van der Waals surface area contributed by atoms with E-state index in [1.807, 2.05) is 42.5 Å². The molecule has 1 unspecified atom stereocenters. The first-order valence-corrected chi connectivity index (χ1v) is 9.63. The first-order chi connectivity index (χ1) is 13.2. The lowest BCUT2D eigenvalue weighted by molar-refractivity contribution is 0.415. The van der Waals surface area contributed by atoms with Gasteiger partial charge in [0.15, 0.2) is 3.77 Å². The summed E-state index contributed by atoms with van der Waals surface area (Å²) in [7, 11) is 1.65. The van der Waals surface area contributed by atoms with Crippen LogP contribution < -0.4 is 10.1 Å². The van der Waals surface area contributed by atoms with Crippen molar-refractivity contribution < 1.29 is 9.15 Å². The van der Waals surface area contributed by atoms with Crippen LogP contribution in [0.3, 0.4) is 0 Å². The molecule has 2 heterocycles. The average Bonchev–Trinajstić information content (AvgIpc) is 3.14. The fourth-order valence-corrected chi connectivity index (χ4v) is 3.47. The van der Waals surface area contributed by atoms with Gasteiger partial charge in [0, 0.05) is 17.5 Å². The van der Waals surface area contributed by atoms with E-state index in [4.69, 9.17) is 9.15 Å². The van der Waals surface area contributed by atoms with E-state index in [1.54, 1.807) is 13.4 Å². The number of hydrogen-bond acceptors (Lipinski definition) is 5. The standard InChI is InChI=1S/C21H18IN3O2/c1-13(14-6-4-3-5-7-14)25-21-15-10-16(18-8-9-20(22)27-18)19(26-2)11-17(15)23-12-24-21/h3-13H,1-2H3,(H,23,24,25). The molecule has 0 amide bonds. The summed E-state index contributed by atoms with van der Waals surface area (Å²) >= 11 is 2.15. The van der Waals surface area contributed by atoms with Gasteiger partial charge in [-0.15, -0.1) is 0 Å². The van der Waals surface area contributed by atoms with Crippen LogP contribution in [0.1, 0.15) is 18.5 Å². The van der Waals surface area contributed by atoms with Crippen LogP contribution in [0.25, 0.3) is 22.2 Å². The number of benzene rings is 2. The van der Waals surface area contributed by atoms with E-state index in [2.05, 4.69) is 56.9 Å². The smallest absolute Gasteiger partial charge is 0.164 e. The lowest BCUT2D eigenvalue weighted by Crippen LogP contribution is -2.08. The highest BCUT2D eigenvalue weighted by atomic mass is 127. The van der Waals surface area contributed by atoms with Crippen LogP contribution in [0.4, 0.5) is 5.82 Å². The van der Waals surface area contributed by atoms with Crippen molar-refractivity contribution in [3.8, 4) is 17.1 Å². The van der Waals surface area contributed by atoms with Crippen molar-refractivity contribution in [3.05, 3.63) is 70.3 Å². The number of rotatable bonds is 5. The summed E-state index contributed by atoms with van der Waals surface area (Å²) in [5.41, 5.74) is 2.88. The zero-order valence-corrected chi connectivity index (χ0v) is 17.1. The minimum Gasteiger partial charge on any atom is -0.496 e. The molecule has 0 bridgehead atoms. The third kappa shape index (κ3) is 3.62. The van der Waals surface area contributed by atoms with Gasteiger partial charge in [0.1, 0.15) is 23.7 Å². The summed E-state index contributed by atoms with van der Waals surface area (Å²) in [6.45, 7) is 2.11. The van der Waals surface area contributed by atoms with Crippen molar-refractivity contribution in [2.75, 3.05) is 12.4 Å². The third-order valence-corrected chi connectivity index (χ3v) is 5.03. The molecule has 0 saturated carbocycles. The quantitative estimate of drug-likeness (QED) is 0.380. The molecule has 1 N–H and O–H groups in total. The van der Waals surface area contributed by atoms with Crippen molar-refractivity contribution in [1.82, 2.24) is 9.97 Å². The number of halogens is 1. The Hall–Kier alpha value is -2.61. The van der Waals surface area contributed by atoms with Gasteiger partial charge in [0.25, 0.3) is 0 Å². The molecule has 0 radical (unpaired) electrons. The minimum absolute atomic E-state index is 0.111. The second-order valence-corrected chi connectivity index (χ2v) is 7.24. The fourth-order valence-electron chi connectivity index (χ4n) is 3.05. The number of ether oxygens (including phenoxy) is 1. The number of aromatic nitrogens is 2. The van der Waals surface area contributed by atoms with Crippen molar-refractivity contribution in [2.24, 2.45) is 0 Å². The van der Waals surface area contributed by atoms with E-state index in [9.17, 15) is 0 Å². The zero-order valence-electron chi connectivity index (χ0n) is 14.9. The van der Waals surface area contributed by atoms with Crippen LogP contribution in [0.2, 0.25) is 0 Å². The zero-order chi connectivity index (χ0) is 18.8. The number of methoxy groups -OCH3 is 1. The molecule has 0 fully saturated rings. The molecule has 6 heteroatoms. The fraction of sp³-hybridized carbons (Fsp3) is 0.143. The van der Waals surface area contributed by atoms with E-state index in [1.165, 1.54) is 5.56 Å². The highest BCUT2D eigenvalue weighted by Crippen LogP contribution is 2.37. The predicted octanol–water partition coefficient (Wildman–Crippen LogP) is 5.68. The average molecular weight is 471 g/mol. The maximum Gasteiger partial charge on any atom is 0.164 e. The molecule has 1 atom stereocenters. The second kappa shape index (κ2) is 7.56. The molecule has 27 heavy (non-hydrogen) atoms. The first-order valence-electron chi connectivity index (χ1n) is 8.55. The van der Waals surface area contributed by atoms with Gasteiger partial charge in [-0.25, -0.2) is 9.97 Å². The maximum atomic E-state index is 5.80. The van der Waals surface area contributed by atoms with E-state index in [0.717, 1.165) is 31.8 Å². The lowest BCUT2D eigenvalue weighted by Gasteiger charge is -2.17. The molecule has 0 saturated heterocycles. The summed E-state index contributed by atoms with van der Waals surface area (Å²) in [5.74, 6) is 2.25. The SMILES string of the molecule is COc1cc2ncnc(NC(C)c3ccccc3)c2cc1-c1ccc(I)o1. The second-order valence-electron chi connectivity index (χ2n) is 6.17. The van der Waals surface area contributed by atoms with Crippen LogP contribution >= 0.6 is 22.6 Å². The van der Waals surface area contributed by atoms with E-state index < -0.39 is 0 Å². The number of nitrogens with zero attached hydrogens (tertiary/aromatic N) is 2. The Morgan fingerprint density at radius 2 is 1.89 bits per heavy atom. The Morgan fingerprint density at radius 3 is 2.59 bits per heavy atom. The topological polar surface area (TPSA) is 60.2 Å². The Labute approximate surface area is 170 Å². The van der Waals surface area contributed by atoms with Crippen LogP contribution in [0.15, 0.2) is 65.3 Å². The molecule has 4 aromatic rings. The van der Waals surface area contributed by atoms with Gasteiger partial charge >= 0.3 is 0 Å². The summed E-state index contributed by atoms with van der Waals surface area (Å²) in [6.07, 6.45) is 1.57. The Kier molecular flexibility index (Phi) is 4.98. The number of furan rings is 1. The van der Waals surface area contributed by atoms with Gasteiger partial charge in [-0.2, -0.15) is 0 Å². The molecule has 2 aromatic carbocycles. The Bertz CT molecular complexity index is 1080. The minimum atomic E-state index is 0.111. The number of fused-ring (bicyclic) bond motifs is 1. The highest BCUT2D eigenvalue weighted by molar-refractivity contribution is 14.1. The predicted molar refractivity (Wildman–Crippen MR) is 115 cm³/mol. The van der Waals surface area contributed by atoms with Crippen LogP contribution in [-0.4, -0.2) is 17.1 Å². The Balaban J connectivity index is 1.80. The van der Waals surface area contributed by atoms with E-state index in [-0.39, 0.29) is 6.04 Å². The maximum absolute atomic E-state index is 5.80. The van der Waals surface area contributed by atoms with Crippen molar-refractivity contribution in [3.63, 3.8) is 0 Å². The lowest BCUT2D eigenvalue weighted by atomic mass is 10.1. The number of hydrogen-bond donors (Lipinski definition) is 1. The summed E-state index contributed by atoms with van der Waals surface area (Å²) in [6, 6.07) is 18.2. The summed E-state index contributed by atoms with van der Waals surface area (Å²) in [5, 5.41) is 4.42. The van der Waals surface area contributed by atoms with Crippen LogP contribution in [0.5, 0.6) is 5.75 Å². The molecule has 0 aliphatic heterocycles. The van der Waals surface area contributed by atoms with Gasteiger partial charge in [-0.3, -0.25) is 0 Å². The Morgan fingerprint density at radius 1 is 1.07 bits per heavy atom. The normalized spacial score (nSPS) is 12.1. The molecule has 4 rings (SSSR count). The van der Waals surface area contributed by atoms with E-state index >= 15 is 0 Å². The monoisotopic (exact) mass is 471 g/mol. The van der Waals surface area contributed by atoms with Crippen molar-refractivity contribution in [1.29, 1.82) is 0 Å². The van der Waals surface area contributed by atoms with E-state index in [0.29, 0.717) is 5.75 Å².